The predicted molar refractivity (Wildman–Crippen MR) is 74.6 cm³/mol. The van der Waals surface area contributed by atoms with Crippen LogP contribution in [0.25, 0.3) is 0 Å². The summed E-state index contributed by atoms with van der Waals surface area (Å²) in [4.78, 5) is 0. The molecule has 7 heteroatoms. The zero-order valence-electron chi connectivity index (χ0n) is 11.4. The number of rotatable bonds is 4. The van der Waals surface area contributed by atoms with Crippen LogP contribution in [0.3, 0.4) is 0 Å². The van der Waals surface area contributed by atoms with Gasteiger partial charge in [-0.2, -0.15) is 0 Å². The fourth-order valence-electron chi connectivity index (χ4n) is 2.13. The Labute approximate surface area is 126 Å². The highest BCUT2D eigenvalue weighted by Crippen LogP contribution is 2.33. The summed E-state index contributed by atoms with van der Waals surface area (Å²) in [5.74, 6) is 0.807. The van der Waals surface area contributed by atoms with E-state index >= 15 is 0 Å². The Balaban J connectivity index is 1.81. The van der Waals surface area contributed by atoms with Gasteiger partial charge in [0.2, 0.25) is 0 Å². The SMILES string of the molecule is Cc1cc(NCc2c(F)ccc(C3OCCO3)c2Cl)no1. The number of hydrogen-bond acceptors (Lipinski definition) is 5. The van der Waals surface area contributed by atoms with E-state index in [9.17, 15) is 4.39 Å². The smallest absolute Gasteiger partial charge is 0.185 e. The van der Waals surface area contributed by atoms with E-state index in [1.54, 1.807) is 19.1 Å². The van der Waals surface area contributed by atoms with Crippen LogP contribution in [0.2, 0.25) is 5.02 Å². The molecule has 2 aromatic rings. The fraction of sp³-hybridized carbons (Fsp3) is 0.357. The first-order valence-electron chi connectivity index (χ1n) is 6.52. The van der Waals surface area contributed by atoms with Crippen LogP contribution in [0, 0.1) is 12.7 Å². The molecule has 1 fully saturated rings. The summed E-state index contributed by atoms with van der Waals surface area (Å²) in [6.07, 6.45) is -0.536. The average Bonchev–Trinajstić information content (AvgIpc) is 3.10. The minimum Gasteiger partial charge on any atom is -0.363 e. The molecule has 1 aliphatic heterocycles. The van der Waals surface area contributed by atoms with Crippen LogP contribution in [-0.2, 0) is 16.0 Å². The maximum atomic E-state index is 14.0. The van der Waals surface area contributed by atoms with E-state index in [4.69, 9.17) is 25.6 Å². The molecule has 112 valence electrons. The predicted octanol–water partition coefficient (Wildman–Crippen LogP) is 3.43. The molecule has 2 heterocycles. The lowest BCUT2D eigenvalue weighted by Gasteiger charge is -2.15. The molecule has 5 nitrogen and oxygen atoms in total. The minimum atomic E-state index is -0.536. The van der Waals surface area contributed by atoms with Gasteiger partial charge < -0.3 is 19.3 Å². The summed E-state index contributed by atoms with van der Waals surface area (Å²) >= 11 is 6.28. The molecule has 1 saturated heterocycles. The van der Waals surface area contributed by atoms with Crippen molar-refractivity contribution >= 4 is 17.4 Å². The molecule has 3 rings (SSSR count). The second-order valence-corrected chi connectivity index (χ2v) is 5.06. The van der Waals surface area contributed by atoms with E-state index in [2.05, 4.69) is 10.5 Å². The molecule has 0 atom stereocenters. The molecule has 1 aromatic heterocycles. The van der Waals surface area contributed by atoms with Gasteiger partial charge >= 0.3 is 0 Å². The minimum absolute atomic E-state index is 0.192. The van der Waals surface area contributed by atoms with Crippen molar-refractivity contribution in [2.75, 3.05) is 18.5 Å². The van der Waals surface area contributed by atoms with Crippen molar-refractivity contribution in [1.82, 2.24) is 5.16 Å². The van der Waals surface area contributed by atoms with Crippen LogP contribution in [0.4, 0.5) is 10.2 Å². The lowest BCUT2D eigenvalue weighted by Crippen LogP contribution is -2.07. The summed E-state index contributed by atoms with van der Waals surface area (Å²) < 4.78 is 29.7. The van der Waals surface area contributed by atoms with Crippen LogP contribution in [0.1, 0.15) is 23.2 Å². The van der Waals surface area contributed by atoms with Crippen molar-refractivity contribution in [1.29, 1.82) is 0 Å². The Morgan fingerprint density at radius 1 is 1.38 bits per heavy atom. The van der Waals surface area contributed by atoms with Crippen LogP contribution < -0.4 is 5.32 Å². The summed E-state index contributed by atoms with van der Waals surface area (Å²) in [6.45, 7) is 2.98. The van der Waals surface area contributed by atoms with Gasteiger partial charge in [-0.15, -0.1) is 0 Å². The summed E-state index contributed by atoms with van der Waals surface area (Å²) in [5.41, 5.74) is 0.970. The maximum Gasteiger partial charge on any atom is 0.185 e. The van der Waals surface area contributed by atoms with E-state index in [1.807, 2.05) is 0 Å². The largest absolute Gasteiger partial charge is 0.363 e. The molecule has 1 aliphatic rings. The van der Waals surface area contributed by atoms with E-state index in [0.717, 1.165) is 0 Å². The lowest BCUT2D eigenvalue weighted by molar-refractivity contribution is -0.0441. The molecule has 0 bridgehead atoms. The van der Waals surface area contributed by atoms with Gasteiger partial charge in [0, 0.05) is 23.7 Å². The Morgan fingerprint density at radius 3 is 2.81 bits per heavy atom. The molecule has 0 aliphatic carbocycles. The number of anilines is 1. The first-order chi connectivity index (χ1) is 10.1. The van der Waals surface area contributed by atoms with E-state index in [-0.39, 0.29) is 6.54 Å². The highest BCUT2D eigenvalue weighted by molar-refractivity contribution is 6.32. The Bertz CT molecular complexity index is 641. The quantitative estimate of drug-likeness (QED) is 0.937. The highest BCUT2D eigenvalue weighted by atomic mass is 35.5. The van der Waals surface area contributed by atoms with Crippen molar-refractivity contribution in [2.45, 2.75) is 19.8 Å². The highest BCUT2D eigenvalue weighted by Gasteiger charge is 2.23. The van der Waals surface area contributed by atoms with Gasteiger partial charge in [-0.25, -0.2) is 4.39 Å². The molecule has 0 amide bonds. The Hall–Kier alpha value is -1.63. The molecular formula is C14H14ClFN2O3. The van der Waals surface area contributed by atoms with Crippen molar-refractivity contribution < 1.29 is 18.4 Å². The first kappa shape index (κ1) is 14.3. The number of halogens is 2. The zero-order chi connectivity index (χ0) is 14.8. The molecule has 0 radical (unpaired) electrons. The van der Waals surface area contributed by atoms with E-state index < -0.39 is 12.1 Å². The molecule has 0 unspecified atom stereocenters. The van der Waals surface area contributed by atoms with Gasteiger partial charge in [0.15, 0.2) is 12.1 Å². The number of nitrogens with zero attached hydrogens (tertiary/aromatic N) is 1. The van der Waals surface area contributed by atoms with Gasteiger partial charge in [0.05, 0.1) is 18.2 Å². The fourth-order valence-corrected chi connectivity index (χ4v) is 2.44. The second kappa shape index (κ2) is 6.01. The number of nitrogens with one attached hydrogen (secondary N) is 1. The van der Waals surface area contributed by atoms with Crippen LogP contribution in [0.15, 0.2) is 22.7 Å². The van der Waals surface area contributed by atoms with Crippen molar-refractivity contribution in [3.8, 4) is 0 Å². The number of aromatic nitrogens is 1. The lowest BCUT2D eigenvalue weighted by atomic mass is 10.1. The van der Waals surface area contributed by atoms with Crippen molar-refractivity contribution in [3.63, 3.8) is 0 Å². The molecule has 0 spiro atoms. The van der Waals surface area contributed by atoms with Crippen LogP contribution in [0.5, 0.6) is 0 Å². The Kier molecular flexibility index (Phi) is 4.10. The van der Waals surface area contributed by atoms with Crippen molar-refractivity contribution in [3.05, 3.63) is 45.9 Å². The number of ether oxygens (including phenoxy) is 2. The van der Waals surface area contributed by atoms with Crippen LogP contribution in [-0.4, -0.2) is 18.4 Å². The third-order valence-electron chi connectivity index (χ3n) is 3.17. The van der Waals surface area contributed by atoms with E-state index in [1.165, 1.54) is 6.07 Å². The Morgan fingerprint density at radius 2 is 2.14 bits per heavy atom. The summed E-state index contributed by atoms with van der Waals surface area (Å²) in [5, 5.41) is 7.06. The van der Waals surface area contributed by atoms with E-state index in [0.29, 0.717) is 40.9 Å². The average molecular weight is 313 g/mol. The van der Waals surface area contributed by atoms with Gasteiger partial charge in [-0.3, -0.25) is 0 Å². The molecule has 0 saturated carbocycles. The van der Waals surface area contributed by atoms with Crippen molar-refractivity contribution in [2.24, 2.45) is 0 Å². The molecule has 1 aromatic carbocycles. The van der Waals surface area contributed by atoms with Gasteiger partial charge in [0.25, 0.3) is 0 Å². The normalized spacial score (nSPS) is 15.6. The van der Waals surface area contributed by atoms with Gasteiger partial charge in [-0.05, 0) is 19.1 Å². The second-order valence-electron chi connectivity index (χ2n) is 4.68. The summed E-state index contributed by atoms with van der Waals surface area (Å²) in [6, 6.07) is 4.66. The van der Waals surface area contributed by atoms with Gasteiger partial charge in [0.1, 0.15) is 11.6 Å². The summed E-state index contributed by atoms with van der Waals surface area (Å²) in [7, 11) is 0. The number of hydrogen-bond donors (Lipinski definition) is 1. The van der Waals surface area contributed by atoms with Crippen LogP contribution >= 0.6 is 11.6 Å². The molecular weight excluding hydrogens is 299 g/mol. The molecule has 1 N–H and O–H groups in total. The zero-order valence-corrected chi connectivity index (χ0v) is 12.1. The molecule has 21 heavy (non-hydrogen) atoms. The topological polar surface area (TPSA) is 56.5 Å². The monoisotopic (exact) mass is 312 g/mol. The van der Waals surface area contributed by atoms with Gasteiger partial charge in [-0.1, -0.05) is 16.8 Å². The number of benzene rings is 1. The standard InChI is InChI=1S/C14H14ClFN2O3/c1-8-6-12(18-21-8)17-7-10-11(16)3-2-9(13(10)15)14-19-4-5-20-14/h2-3,6,14H,4-5,7H2,1H3,(H,17,18). The third-order valence-corrected chi connectivity index (χ3v) is 3.61. The third kappa shape index (κ3) is 3.02. The first-order valence-corrected chi connectivity index (χ1v) is 6.90. The number of aryl methyl sites for hydroxylation is 1. The maximum absolute atomic E-state index is 14.0.